The summed E-state index contributed by atoms with van der Waals surface area (Å²) < 4.78 is 37.4. The third-order valence-electron chi connectivity index (χ3n) is 3.71. The van der Waals surface area contributed by atoms with E-state index in [4.69, 9.17) is 5.48 Å². The van der Waals surface area contributed by atoms with E-state index < -0.39 is 23.6 Å². The highest BCUT2D eigenvalue weighted by atomic mass is 14.9. The summed E-state index contributed by atoms with van der Waals surface area (Å²) in [7, 11) is 1.90. The molecule has 2 aromatic rings. The lowest BCUT2D eigenvalue weighted by molar-refractivity contribution is -0.660. The Hall–Kier alpha value is -1.63. The Balaban J connectivity index is 2.93. The van der Waals surface area contributed by atoms with Crippen LogP contribution in [-0.2, 0) is 19.8 Å². The topological polar surface area (TPSA) is 3.88 Å². The van der Waals surface area contributed by atoms with Crippen molar-refractivity contribution >= 4 is 0 Å². The van der Waals surface area contributed by atoms with Crippen LogP contribution in [0.15, 0.2) is 36.5 Å². The molecule has 0 saturated carbocycles. The van der Waals surface area contributed by atoms with Crippen LogP contribution in [0, 0.1) is 17.8 Å². The monoisotopic (exact) mass is 328 g/mol. The lowest BCUT2D eigenvalue weighted by Crippen LogP contribution is -2.33. The van der Waals surface area contributed by atoms with Gasteiger partial charge in [-0.3, -0.25) is 0 Å². The number of aromatic nitrogens is 1. The minimum atomic E-state index is -1.70. The Labute approximate surface area is 154 Å². The fourth-order valence-corrected chi connectivity index (χ4v) is 2.79. The molecule has 1 heterocycles. The van der Waals surface area contributed by atoms with E-state index in [9.17, 15) is 0 Å². The summed E-state index contributed by atoms with van der Waals surface area (Å²) in [4.78, 5) is 0. The molecule has 0 radical (unpaired) electrons. The summed E-state index contributed by atoms with van der Waals surface area (Å²) in [6.07, 6.45) is -1.61. The molecule has 0 fully saturated rings. The highest BCUT2D eigenvalue weighted by molar-refractivity contribution is 5.61. The summed E-state index contributed by atoms with van der Waals surface area (Å²) in [5, 5.41) is 0. The van der Waals surface area contributed by atoms with Crippen LogP contribution in [0.4, 0.5) is 0 Å². The second kappa shape index (κ2) is 6.70. The van der Waals surface area contributed by atoms with Gasteiger partial charge in [-0.2, -0.15) is 0 Å². The zero-order valence-corrected chi connectivity index (χ0v) is 16.4. The van der Waals surface area contributed by atoms with E-state index in [-0.39, 0.29) is 0 Å². The van der Waals surface area contributed by atoms with E-state index in [1.807, 2.05) is 90.4 Å². The lowest BCUT2D eigenvalue weighted by Gasteiger charge is -2.24. The Bertz CT molecular complexity index is 871. The molecule has 0 unspecified atom stereocenters. The number of benzene rings is 1. The first-order valence-corrected chi connectivity index (χ1v) is 8.62. The van der Waals surface area contributed by atoms with E-state index in [0.29, 0.717) is 11.1 Å². The van der Waals surface area contributed by atoms with Crippen molar-refractivity contribution in [1.82, 2.24) is 0 Å². The SMILES string of the molecule is [2H]C([2H])(c1cc(-c2ccccc2C)[n+](C)cc1C([2H])([2H])C(C)(C)C)C(C)(C)C. The van der Waals surface area contributed by atoms with Gasteiger partial charge in [0, 0.05) is 22.7 Å². The molecule has 1 nitrogen and oxygen atoms in total. The highest BCUT2D eigenvalue weighted by Crippen LogP contribution is 2.30. The van der Waals surface area contributed by atoms with Gasteiger partial charge >= 0.3 is 0 Å². The van der Waals surface area contributed by atoms with Crippen molar-refractivity contribution in [3.05, 3.63) is 53.2 Å². The molecule has 1 aromatic heterocycles. The molecule has 2 rings (SSSR count). The zero-order valence-electron chi connectivity index (χ0n) is 20.4. The molecule has 0 aliphatic heterocycles. The summed E-state index contributed by atoms with van der Waals surface area (Å²) in [5.41, 5.74) is 2.50. The first-order chi connectivity index (χ1) is 12.5. The number of aryl methyl sites for hydroxylation is 2. The summed E-state index contributed by atoms with van der Waals surface area (Å²) in [6.45, 7) is 13.2. The largest absolute Gasteiger partial charge is 0.212 e. The van der Waals surface area contributed by atoms with Gasteiger partial charge in [0.15, 0.2) is 6.20 Å². The maximum absolute atomic E-state index is 8.92. The van der Waals surface area contributed by atoms with Gasteiger partial charge in [0.1, 0.15) is 7.05 Å². The third-order valence-corrected chi connectivity index (χ3v) is 3.71. The average molecular weight is 329 g/mol. The minimum absolute atomic E-state index is 0.416. The van der Waals surface area contributed by atoms with Gasteiger partial charge in [-0.15, -0.1) is 0 Å². The molecule has 130 valence electrons. The predicted molar refractivity (Wildman–Crippen MR) is 104 cm³/mol. The van der Waals surface area contributed by atoms with Crippen LogP contribution in [0.5, 0.6) is 0 Å². The van der Waals surface area contributed by atoms with E-state index in [1.54, 1.807) is 6.20 Å². The number of rotatable bonds is 3. The molecule has 0 N–H and O–H groups in total. The van der Waals surface area contributed by atoms with Crippen LogP contribution in [0.1, 0.15) is 63.7 Å². The van der Waals surface area contributed by atoms with Gasteiger partial charge in [-0.25, -0.2) is 4.57 Å². The van der Waals surface area contributed by atoms with Gasteiger partial charge < -0.3 is 0 Å². The Morgan fingerprint density at radius 3 is 2.00 bits per heavy atom. The molecule has 0 bridgehead atoms. The zero-order chi connectivity index (χ0) is 21.7. The van der Waals surface area contributed by atoms with Gasteiger partial charge in [-0.1, -0.05) is 59.7 Å². The molecule has 1 heteroatoms. The lowest BCUT2D eigenvalue weighted by atomic mass is 9.81. The van der Waals surface area contributed by atoms with Crippen molar-refractivity contribution in [2.75, 3.05) is 0 Å². The summed E-state index contributed by atoms with van der Waals surface area (Å²) in [6, 6.07) is 9.88. The maximum atomic E-state index is 8.92. The van der Waals surface area contributed by atoms with E-state index >= 15 is 0 Å². The van der Waals surface area contributed by atoms with Crippen LogP contribution < -0.4 is 4.57 Å². The Morgan fingerprint density at radius 2 is 1.46 bits per heavy atom. The van der Waals surface area contributed by atoms with Crippen LogP contribution >= 0.6 is 0 Å². The number of nitrogens with zero attached hydrogens (tertiary/aromatic N) is 1. The van der Waals surface area contributed by atoms with Gasteiger partial charge in [-0.05, 0) is 47.7 Å². The molecule has 0 spiro atoms. The smallest absolute Gasteiger partial charge is 0.201 e. The Kier molecular flexibility index (Phi) is 3.81. The molecule has 1 aromatic carbocycles. The Morgan fingerprint density at radius 1 is 0.917 bits per heavy atom. The summed E-state index contributed by atoms with van der Waals surface area (Å²) >= 11 is 0. The normalized spacial score (nSPS) is 16.2. The minimum Gasteiger partial charge on any atom is -0.201 e. The summed E-state index contributed by atoms with van der Waals surface area (Å²) in [5.74, 6) is 0. The van der Waals surface area contributed by atoms with Crippen molar-refractivity contribution in [3.8, 4) is 11.3 Å². The number of hydrogen-bond acceptors (Lipinski definition) is 0. The first-order valence-electron chi connectivity index (χ1n) is 10.6. The van der Waals surface area contributed by atoms with Gasteiger partial charge in [0.25, 0.3) is 0 Å². The molecule has 0 aliphatic carbocycles. The van der Waals surface area contributed by atoms with Gasteiger partial charge in [0.05, 0.1) is 0 Å². The second-order valence-corrected chi connectivity index (χ2v) is 8.66. The van der Waals surface area contributed by atoms with Crippen molar-refractivity contribution in [3.63, 3.8) is 0 Å². The van der Waals surface area contributed by atoms with Crippen molar-refractivity contribution in [2.24, 2.45) is 17.9 Å². The quantitative estimate of drug-likeness (QED) is 0.640. The van der Waals surface area contributed by atoms with Crippen molar-refractivity contribution in [2.45, 2.75) is 61.2 Å². The predicted octanol–water partition coefficient (Wildman–Crippen LogP) is 5.66. The van der Waals surface area contributed by atoms with Crippen LogP contribution in [0.25, 0.3) is 11.3 Å². The molecular formula is C23H34N+. The molecule has 0 aliphatic rings. The van der Waals surface area contributed by atoms with E-state index in [1.165, 1.54) is 0 Å². The van der Waals surface area contributed by atoms with E-state index in [0.717, 1.165) is 16.8 Å². The number of pyridine rings is 1. The standard InChI is InChI=1S/C23H34N/c1-17-11-9-10-12-20(17)21-13-18(14-22(2,3)4)19(16-24(21)8)15-23(5,6)7/h9-13,16H,14-15H2,1-8H3/q+1/i14D2,15D2. The second-order valence-electron chi connectivity index (χ2n) is 8.66. The maximum Gasteiger partial charge on any atom is 0.212 e. The molecular weight excluding hydrogens is 290 g/mol. The fraction of sp³-hybridized carbons (Fsp3) is 0.522. The third kappa shape index (κ3) is 4.93. The van der Waals surface area contributed by atoms with Crippen molar-refractivity contribution in [1.29, 1.82) is 0 Å². The van der Waals surface area contributed by atoms with Crippen molar-refractivity contribution < 1.29 is 10.1 Å². The average Bonchev–Trinajstić information content (AvgIpc) is 2.53. The highest BCUT2D eigenvalue weighted by Gasteiger charge is 2.23. The molecule has 0 amide bonds. The fourth-order valence-electron chi connectivity index (χ4n) is 2.79. The molecule has 0 atom stereocenters. The van der Waals surface area contributed by atoms with E-state index in [2.05, 4.69) is 0 Å². The van der Waals surface area contributed by atoms with Crippen LogP contribution in [0.2, 0.25) is 0 Å². The van der Waals surface area contributed by atoms with Gasteiger partial charge in [0.2, 0.25) is 5.69 Å². The number of hydrogen-bond donors (Lipinski definition) is 0. The van der Waals surface area contributed by atoms with Crippen LogP contribution in [0.3, 0.4) is 0 Å². The molecule has 0 saturated heterocycles. The molecule has 24 heavy (non-hydrogen) atoms. The van der Waals surface area contributed by atoms with Crippen LogP contribution in [-0.4, -0.2) is 0 Å². The first kappa shape index (κ1) is 13.6.